The lowest BCUT2D eigenvalue weighted by atomic mass is 10.00. The molecule has 0 heterocycles. The van der Waals surface area contributed by atoms with E-state index in [4.69, 9.17) is 37.0 Å². The number of aliphatic hydroxyl groups is 1. The first-order chi connectivity index (χ1) is 42.1. The monoisotopic (exact) mass is 1300 g/mol. The van der Waals surface area contributed by atoms with Crippen molar-refractivity contribution in [3.05, 3.63) is 0 Å². The number of unbranched alkanes of at least 4 members (excludes halogenated alkanes) is 31. The van der Waals surface area contributed by atoms with E-state index in [0.29, 0.717) is 37.5 Å². The molecular weight excluding hydrogens is 1160 g/mol. The molecule has 3 N–H and O–H groups in total. The van der Waals surface area contributed by atoms with Crippen molar-refractivity contribution in [3.63, 3.8) is 0 Å². The Morgan fingerprint density at radius 2 is 0.545 bits per heavy atom. The lowest BCUT2D eigenvalue weighted by molar-refractivity contribution is -0.161. The summed E-state index contributed by atoms with van der Waals surface area (Å²) >= 11 is 0. The zero-order chi connectivity index (χ0) is 65.4. The summed E-state index contributed by atoms with van der Waals surface area (Å²) in [6, 6.07) is 0. The fourth-order valence-electron chi connectivity index (χ4n) is 10.3. The van der Waals surface area contributed by atoms with Gasteiger partial charge in [-0.1, -0.05) is 287 Å². The van der Waals surface area contributed by atoms with Gasteiger partial charge in [0.15, 0.2) is 12.2 Å². The minimum Gasteiger partial charge on any atom is -0.462 e. The Morgan fingerprint density at radius 3 is 0.807 bits per heavy atom. The summed E-state index contributed by atoms with van der Waals surface area (Å²) in [5.41, 5.74) is 0. The van der Waals surface area contributed by atoms with Gasteiger partial charge in [0.1, 0.15) is 19.3 Å². The number of aliphatic hydroxyl groups excluding tert-OH is 1. The topological polar surface area (TPSA) is 237 Å². The average Bonchev–Trinajstić information content (AvgIpc) is 3.53. The zero-order valence-corrected chi connectivity index (χ0v) is 59.1. The van der Waals surface area contributed by atoms with Gasteiger partial charge >= 0.3 is 39.5 Å². The molecule has 0 saturated heterocycles. The zero-order valence-electron chi connectivity index (χ0n) is 57.3. The molecule has 0 saturated carbocycles. The van der Waals surface area contributed by atoms with Gasteiger partial charge in [-0.05, 0) is 49.4 Å². The third-order valence-corrected chi connectivity index (χ3v) is 18.1. The van der Waals surface area contributed by atoms with Gasteiger partial charge in [-0.3, -0.25) is 37.3 Å². The maximum absolute atomic E-state index is 13.0. The molecule has 0 rings (SSSR count). The van der Waals surface area contributed by atoms with Crippen LogP contribution in [0.2, 0.25) is 0 Å². The number of esters is 4. The summed E-state index contributed by atoms with van der Waals surface area (Å²) in [6.45, 7) is 14.0. The summed E-state index contributed by atoms with van der Waals surface area (Å²) in [7, 11) is -9.90. The van der Waals surface area contributed by atoms with Crippen LogP contribution in [0.25, 0.3) is 0 Å². The summed E-state index contributed by atoms with van der Waals surface area (Å²) in [5, 5.41) is 10.6. The number of phosphoric ester groups is 2. The van der Waals surface area contributed by atoms with Crippen LogP contribution < -0.4 is 0 Å². The Hall–Kier alpha value is -1.94. The van der Waals surface area contributed by atoms with Crippen molar-refractivity contribution >= 4 is 39.5 Å². The van der Waals surface area contributed by atoms with E-state index in [0.717, 1.165) is 108 Å². The van der Waals surface area contributed by atoms with E-state index in [2.05, 4.69) is 55.4 Å². The number of carbonyl (C=O) groups is 4. The lowest BCUT2D eigenvalue weighted by Gasteiger charge is -2.21. The minimum absolute atomic E-state index is 0.101. The van der Waals surface area contributed by atoms with Crippen LogP contribution in [0.4, 0.5) is 0 Å². The van der Waals surface area contributed by atoms with Crippen LogP contribution in [-0.2, 0) is 65.4 Å². The van der Waals surface area contributed by atoms with Crippen LogP contribution in [0, 0.1) is 23.7 Å². The first-order valence-corrected chi connectivity index (χ1v) is 38.7. The predicted molar refractivity (Wildman–Crippen MR) is 354 cm³/mol. The first-order valence-electron chi connectivity index (χ1n) is 35.7. The predicted octanol–water partition coefficient (Wildman–Crippen LogP) is 19.3. The molecule has 4 unspecified atom stereocenters. The molecule has 0 aliphatic heterocycles. The Labute approximate surface area is 537 Å². The lowest BCUT2D eigenvalue weighted by Crippen LogP contribution is -2.30. The van der Waals surface area contributed by atoms with Gasteiger partial charge in [0.05, 0.1) is 26.4 Å². The Kier molecular flexibility index (Phi) is 57.6. The van der Waals surface area contributed by atoms with Crippen LogP contribution in [-0.4, -0.2) is 96.7 Å². The van der Waals surface area contributed by atoms with Crippen molar-refractivity contribution in [2.45, 2.75) is 356 Å². The summed E-state index contributed by atoms with van der Waals surface area (Å²) in [4.78, 5) is 72.4. The Morgan fingerprint density at radius 1 is 0.318 bits per heavy atom. The van der Waals surface area contributed by atoms with Gasteiger partial charge in [-0.15, -0.1) is 0 Å². The number of rotatable bonds is 66. The van der Waals surface area contributed by atoms with Crippen LogP contribution in [0.3, 0.4) is 0 Å². The van der Waals surface area contributed by atoms with E-state index in [1.54, 1.807) is 0 Å². The van der Waals surface area contributed by atoms with E-state index >= 15 is 0 Å². The molecule has 0 bridgehead atoms. The standard InChI is InChI=1S/C69H134O17P2/c1-9-62(8)48-40-32-26-28-36-44-52-69(74)86-65(55-79-66(71)49-41-33-23-19-17-15-13-11-10-12-14-16-18-21-29-37-45-59(2)3)58-84-88(77,78)82-54-63(70)53-81-87(75,76)83-57-64(85-68(73)51-43-35-27-25-31-39-47-61(6)7)56-80-67(72)50-42-34-24-20-22-30-38-46-60(4)5/h59-65,70H,9-58H2,1-8H3,(H,75,76)(H,77,78)/t62?,63?,64-,65-/m1/s1. The SMILES string of the molecule is CCC(C)CCCCCCCCC(=O)O[C@H](COC(=O)CCCCCCCCCCCCCCCCCCC(C)C)COP(=O)(O)OCC(O)COP(=O)(O)OC[C@@H](COC(=O)CCCCCCCCCC(C)C)OC(=O)CCCCCCCCC(C)C. The Balaban J connectivity index is 5.15. The van der Waals surface area contributed by atoms with Crippen molar-refractivity contribution < 1.29 is 80.2 Å². The molecule has 19 heteroatoms. The normalized spacial score (nSPS) is 14.6. The van der Waals surface area contributed by atoms with Crippen molar-refractivity contribution in [2.24, 2.45) is 23.7 Å². The second-order valence-corrected chi connectivity index (χ2v) is 29.5. The van der Waals surface area contributed by atoms with Crippen LogP contribution in [0.1, 0.15) is 338 Å². The van der Waals surface area contributed by atoms with Gasteiger partial charge in [0.25, 0.3) is 0 Å². The van der Waals surface area contributed by atoms with E-state index in [-0.39, 0.29) is 25.7 Å². The van der Waals surface area contributed by atoms with E-state index < -0.39 is 97.5 Å². The van der Waals surface area contributed by atoms with Gasteiger partial charge < -0.3 is 33.8 Å². The molecule has 0 aliphatic rings. The molecule has 17 nitrogen and oxygen atoms in total. The third kappa shape index (κ3) is 61.6. The summed E-state index contributed by atoms with van der Waals surface area (Å²) < 4.78 is 68.1. The quantitative estimate of drug-likeness (QED) is 0.0222. The van der Waals surface area contributed by atoms with Crippen molar-refractivity contribution in [2.75, 3.05) is 39.6 Å². The first kappa shape index (κ1) is 86.1. The molecule has 0 radical (unpaired) electrons. The second-order valence-electron chi connectivity index (χ2n) is 26.6. The third-order valence-electron chi connectivity index (χ3n) is 16.2. The van der Waals surface area contributed by atoms with Gasteiger partial charge in [-0.25, -0.2) is 9.13 Å². The second kappa shape index (κ2) is 58.8. The number of phosphoric acid groups is 2. The fourth-order valence-corrected chi connectivity index (χ4v) is 11.9. The van der Waals surface area contributed by atoms with E-state index in [1.807, 2.05) is 0 Å². The molecule has 0 aromatic carbocycles. The van der Waals surface area contributed by atoms with Crippen LogP contribution >= 0.6 is 15.6 Å². The van der Waals surface area contributed by atoms with Gasteiger partial charge in [0.2, 0.25) is 0 Å². The van der Waals surface area contributed by atoms with Crippen molar-refractivity contribution in [1.29, 1.82) is 0 Å². The number of ether oxygens (including phenoxy) is 4. The number of hydrogen-bond donors (Lipinski definition) is 3. The molecular formula is C69H134O17P2. The van der Waals surface area contributed by atoms with Crippen LogP contribution in [0.5, 0.6) is 0 Å². The highest BCUT2D eigenvalue weighted by atomic mass is 31.2. The largest absolute Gasteiger partial charge is 0.472 e. The molecule has 0 aliphatic carbocycles. The van der Waals surface area contributed by atoms with Crippen LogP contribution in [0.15, 0.2) is 0 Å². The summed E-state index contributed by atoms with van der Waals surface area (Å²) in [6.07, 6.45) is 40.8. The Bertz CT molecular complexity index is 1750. The maximum Gasteiger partial charge on any atom is 0.472 e. The molecule has 0 fully saturated rings. The average molecular weight is 1300 g/mol. The highest BCUT2D eigenvalue weighted by molar-refractivity contribution is 7.47. The fraction of sp³-hybridized carbons (Fsp3) is 0.942. The van der Waals surface area contributed by atoms with E-state index in [9.17, 15) is 43.2 Å². The van der Waals surface area contributed by atoms with Gasteiger partial charge in [-0.2, -0.15) is 0 Å². The molecule has 0 spiro atoms. The molecule has 522 valence electrons. The molecule has 0 amide bonds. The highest BCUT2D eigenvalue weighted by Crippen LogP contribution is 2.45. The number of carbonyl (C=O) groups excluding carboxylic acids is 4. The highest BCUT2D eigenvalue weighted by Gasteiger charge is 2.30. The van der Waals surface area contributed by atoms with Gasteiger partial charge in [0, 0.05) is 25.7 Å². The smallest absolute Gasteiger partial charge is 0.462 e. The molecule has 88 heavy (non-hydrogen) atoms. The van der Waals surface area contributed by atoms with Crippen molar-refractivity contribution in [3.8, 4) is 0 Å². The maximum atomic E-state index is 13.0. The molecule has 6 atom stereocenters. The minimum atomic E-state index is -4.95. The summed E-state index contributed by atoms with van der Waals surface area (Å²) in [5.74, 6) is 0.768. The molecule has 0 aromatic heterocycles. The van der Waals surface area contributed by atoms with Crippen molar-refractivity contribution in [1.82, 2.24) is 0 Å². The molecule has 0 aromatic rings. The number of hydrogen-bond acceptors (Lipinski definition) is 15. The van der Waals surface area contributed by atoms with E-state index in [1.165, 1.54) is 135 Å².